The fraction of sp³-hybridized carbons (Fsp3) is 0.0625. The molecule has 0 aliphatic rings. The maximum absolute atomic E-state index is 12.6. The van der Waals surface area contributed by atoms with E-state index >= 15 is 0 Å². The molecule has 56 heavy (non-hydrogen) atoms. The maximum atomic E-state index is 12.6. The third-order valence-electron chi connectivity index (χ3n) is 6.77. The predicted molar refractivity (Wildman–Crippen MR) is 191 cm³/mol. The van der Waals surface area contributed by atoms with E-state index in [1.165, 1.54) is 12.1 Å². The number of nitrogen functional groups attached to an aromatic ring is 2. The lowest BCUT2D eigenvalue weighted by Gasteiger charge is -2.12. The molecule has 14 nitrogen and oxygen atoms in total. The molecule has 0 unspecified atom stereocenters. The van der Waals surface area contributed by atoms with Gasteiger partial charge in [0.2, 0.25) is 11.9 Å². The summed E-state index contributed by atoms with van der Waals surface area (Å²) >= 11 is 11.8. The van der Waals surface area contributed by atoms with Crippen LogP contribution in [0.3, 0.4) is 0 Å². The fourth-order valence-electron chi connectivity index (χ4n) is 4.50. The Balaban J connectivity index is 0.000000214. The van der Waals surface area contributed by atoms with Gasteiger partial charge in [0.15, 0.2) is 0 Å². The third-order valence-corrected chi connectivity index (χ3v) is 9.16. The molecule has 0 saturated heterocycles. The van der Waals surface area contributed by atoms with Crippen LogP contribution in [0.4, 0.5) is 38.2 Å². The SMILES string of the molecule is Nc1nnc(-c2cc(Cl)cc(OS(=O)(=O)C(F)(F)F)c2)c(-c2ccccc2)n1.Nc1nnc(-c2cc(Cl)cc(OS(=O)(=O)C(F)(F)F)c2)c(-c2ccccc2)n1. The molecule has 0 aliphatic heterocycles. The monoisotopic (exact) mass is 860 g/mol. The van der Waals surface area contributed by atoms with Crippen LogP contribution in [0.15, 0.2) is 97.1 Å². The molecule has 0 fully saturated rings. The van der Waals surface area contributed by atoms with Gasteiger partial charge in [-0.25, -0.2) is 9.97 Å². The fourth-order valence-corrected chi connectivity index (χ4v) is 5.84. The van der Waals surface area contributed by atoms with Gasteiger partial charge < -0.3 is 19.8 Å². The van der Waals surface area contributed by atoms with Crippen molar-refractivity contribution < 1.29 is 51.5 Å². The van der Waals surface area contributed by atoms with Crippen LogP contribution in [0.5, 0.6) is 11.5 Å². The number of benzene rings is 4. The van der Waals surface area contributed by atoms with E-state index in [4.69, 9.17) is 34.7 Å². The summed E-state index contributed by atoms with van der Waals surface area (Å²) in [5.74, 6) is -1.53. The second-order valence-electron chi connectivity index (χ2n) is 10.8. The Hall–Kier alpha value is -5.84. The van der Waals surface area contributed by atoms with Gasteiger partial charge in [0.1, 0.15) is 34.3 Å². The summed E-state index contributed by atoms with van der Waals surface area (Å²) in [4.78, 5) is 8.23. The number of halogens is 8. The lowest BCUT2D eigenvalue weighted by molar-refractivity contribution is -0.0504. The Labute approximate surface area is 322 Å². The molecule has 24 heteroatoms. The first kappa shape index (κ1) is 41.3. The van der Waals surface area contributed by atoms with Gasteiger partial charge in [-0.3, -0.25) is 0 Å². The van der Waals surface area contributed by atoms with Crippen LogP contribution in [-0.2, 0) is 20.2 Å². The van der Waals surface area contributed by atoms with Crippen LogP contribution in [0, 0.1) is 0 Å². The Morgan fingerprint density at radius 3 is 1.14 bits per heavy atom. The van der Waals surface area contributed by atoms with Gasteiger partial charge in [-0.15, -0.1) is 20.4 Å². The van der Waals surface area contributed by atoms with Crippen LogP contribution >= 0.6 is 23.2 Å². The molecule has 4 aromatic carbocycles. The number of hydrogen-bond acceptors (Lipinski definition) is 14. The normalized spacial score (nSPS) is 12.0. The highest BCUT2D eigenvalue weighted by atomic mass is 35.5. The van der Waals surface area contributed by atoms with Crippen molar-refractivity contribution in [1.82, 2.24) is 30.4 Å². The molecule has 0 spiro atoms. The standard InChI is InChI=1S/2C16H10ClF3N4O3S/c2*17-11-6-10(7-12(8-11)27-28(25,26)16(18,19)20)14-13(22-15(21)24-23-14)9-4-2-1-3-5-9/h2*1-8H,(H2,21,22,24). The van der Waals surface area contributed by atoms with Crippen molar-refractivity contribution in [3.05, 3.63) is 107 Å². The molecule has 4 N–H and O–H groups in total. The molecule has 6 rings (SSSR count). The highest BCUT2D eigenvalue weighted by Crippen LogP contribution is 2.37. The van der Waals surface area contributed by atoms with Gasteiger partial charge >= 0.3 is 31.3 Å². The van der Waals surface area contributed by atoms with E-state index in [-0.39, 0.29) is 55.8 Å². The van der Waals surface area contributed by atoms with Crippen molar-refractivity contribution in [2.75, 3.05) is 11.5 Å². The highest BCUT2D eigenvalue weighted by molar-refractivity contribution is 7.88. The molecule has 0 saturated carbocycles. The molecule has 0 aliphatic carbocycles. The summed E-state index contributed by atoms with van der Waals surface area (Å²) in [7, 11) is -11.7. The Morgan fingerprint density at radius 2 is 0.821 bits per heavy atom. The van der Waals surface area contributed by atoms with E-state index in [2.05, 4.69) is 38.7 Å². The van der Waals surface area contributed by atoms with Crippen molar-refractivity contribution in [3.63, 3.8) is 0 Å². The molecule has 2 heterocycles. The summed E-state index contributed by atoms with van der Waals surface area (Å²) < 4.78 is 129. The number of nitrogens with zero attached hydrogens (tertiary/aromatic N) is 6. The number of aromatic nitrogens is 6. The molecule has 6 aromatic rings. The maximum Gasteiger partial charge on any atom is 0.534 e. The smallest absolute Gasteiger partial charge is 0.376 e. The number of hydrogen-bond donors (Lipinski definition) is 2. The van der Waals surface area contributed by atoms with E-state index in [1.54, 1.807) is 60.7 Å². The number of rotatable bonds is 8. The first-order valence-electron chi connectivity index (χ1n) is 14.9. The Bertz CT molecular complexity index is 2430. The van der Waals surface area contributed by atoms with Crippen molar-refractivity contribution in [1.29, 1.82) is 0 Å². The van der Waals surface area contributed by atoms with Crippen LogP contribution in [0.1, 0.15) is 0 Å². The van der Waals surface area contributed by atoms with Gasteiger partial charge in [-0.2, -0.15) is 43.2 Å². The lowest BCUT2D eigenvalue weighted by Crippen LogP contribution is -2.28. The van der Waals surface area contributed by atoms with Crippen LogP contribution in [-0.4, -0.2) is 58.2 Å². The van der Waals surface area contributed by atoms with Crippen LogP contribution in [0.2, 0.25) is 10.0 Å². The molecule has 0 atom stereocenters. The second kappa shape index (κ2) is 16.1. The summed E-state index contributed by atoms with van der Waals surface area (Å²) in [6, 6.07) is 23.9. The summed E-state index contributed by atoms with van der Waals surface area (Å²) in [6.07, 6.45) is 0. The highest BCUT2D eigenvalue weighted by Gasteiger charge is 2.49. The zero-order valence-electron chi connectivity index (χ0n) is 27.4. The molecule has 0 bridgehead atoms. The topological polar surface area (TPSA) is 216 Å². The largest absolute Gasteiger partial charge is 0.534 e. The van der Waals surface area contributed by atoms with Crippen LogP contribution in [0.25, 0.3) is 45.0 Å². The van der Waals surface area contributed by atoms with Crippen molar-refractivity contribution in [3.8, 4) is 56.5 Å². The first-order chi connectivity index (χ1) is 26.1. The molecule has 292 valence electrons. The zero-order chi connectivity index (χ0) is 41.1. The third kappa shape index (κ3) is 9.87. The summed E-state index contributed by atoms with van der Waals surface area (Å²) in [5, 5.41) is 15.0. The zero-order valence-corrected chi connectivity index (χ0v) is 30.5. The lowest BCUT2D eigenvalue weighted by atomic mass is 10.0. The van der Waals surface area contributed by atoms with Crippen LogP contribution < -0.4 is 19.8 Å². The molecular formula is C32H20Cl2F6N8O6S2. The number of nitrogens with two attached hydrogens (primary N) is 2. The Morgan fingerprint density at radius 1 is 0.482 bits per heavy atom. The van der Waals surface area contributed by atoms with Gasteiger partial charge in [0, 0.05) is 44.4 Å². The molecule has 0 radical (unpaired) electrons. The van der Waals surface area contributed by atoms with Crippen molar-refractivity contribution in [2.24, 2.45) is 0 Å². The van der Waals surface area contributed by atoms with Crippen molar-refractivity contribution >= 4 is 55.3 Å². The van der Waals surface area contributed by atoms with Gasteiger partial charge in [0.05, 0.1) is 0 Å². The Kier molecular flexibility index (Phi) is 11.9. The van der Waals surface area contributed by atoms with E-state index in [1.807, 2.05) is 0 Å². The molecule has 2 aromatic heterocycles. The van der Waals surface area contributed by atoms with E-state index in [9.17, 15) is 43.2 Å². The average Bonchev–Trinajstić information content (AvgIpc) is 3.11. The minimum atomic E-state index is -5.87. The molecule has 0 amide bonds. The van der Waals surface area contributed by atoms with Gasteiger partial charge in [-0.1, -0.05) is 83.9 Å². The minimum absolute atomic E-state index is 0.0810. The number of anilines is 2. The quantitative estimate of drug-likeness (QED) is 0.0870. The number of alkyl halides is 6. The summed E-state index contributed by atoms with van der Waals surface area (Å²) in [5.41, 5.74) is 2.29. The predicted octanol–water partition coefficient (Wildman–Crippen LogP) is 7.34. The van der Waals surface area contributed by atoms with Gasteiger partial charge in [-0.05, 0) is 24.3 Å². The van der Waals surface area contributed by atoms with E-state index in [0.717, 1.165) is 24.3 Å². The van der Waals surface area contributed by atoms with E-state index < -0.39 is 42.8 Å². The minimum Gasteiger partial charge on any atom is -0.376 e. The first-order valence-corrected chi connectivity index (χ1v) is 18.5. The summed E-state index contributed by atoms with van der Waals surface area (Å²) in [6.45, 7) is 0. The van der Waals surface area contributed by atoms with Crippen molar-refractivity contribution in [2.45, 2.75) is 11.0 Å². The molecular weight excluding hydrogens is 841 g/mol. The average molecular weight is 862 g/mol. The second-order valence-corrected chi connectivity index (χ2v) is 14.7. The van der Waals surface area contributed by atoms with Gasteiger partial charge in [0.25, 0.3) is 0 Å². The van der Waals surface area contributed by atoms with E-state index in [0.29, 0.717) is 11.1 Å².